The van der Waals surface area contributed by atoms with Crippen molar-refractivity contribution >= 4 is 5.91 Å². The second-order valence-electron chi connectivity index (χ2n) is 4.73. The number of rotatable bonds is 5. The van der Waals surface area contributed by atoms with Gasteiger partial charge in [-0.25, -0.2) is 4.39 Å². The van der Waals surface area contributed by atoms with Gasteiger partial charge in [-0.3, -0.25) is 4.79 Å². The van der Waals surface area contributed by atoms with E-state index in [-0.39, 0.29) is 17.4 Å². The summed E-state index contributed by atoms with van der Waals surface area (Å²) in [5.74, 6) is -1.48. The molecule has 0 aliphatic heterocycles. The van der Waals surface area contributed by atoms with E-state index in [0.717, 1.165) is 11.6 Å². The van der Waals surface area contributed by atoms with Gasteiger partial charge < -0.3 is 16.2 Å². The number of nitrogens with two attached hydrogens (primary N) is 1. The molecule has 21 heavy (non-hydrogen) atoms. The molecule has 1 amide bonds. The first-order valence-corrected chi connectivity index (χ1v) is 6.65. The fourth-order valence-corrected chi connectivity index (χ4v) is 1.99. The number of hydrogen-bond donors (Lipinski definition) is 3. The first kappa shape index (κ1) is 15.0. The number of carbonyl (C=O) groups is 1. The summed E-state index contributed by atoms with van der Waals surface area (Å²) in [6.07, 6.45) is 0.551. The molecule has 0 radical (unpaired) electrons. The summed E-state index contributed by atoms with van der Waals surface area (Å²) in [7, 11) is 0. The highest BCUT2D eigenvalue weighted by Gasteiger charge is 2.12. The molecule has 0 saturated heterocycles. The summed E-state index contributed by atoms with van der Waals surface area (Å²) < 4.78 is 13.5. The minimum Gasteiger partial charge on any atom is -0.508 e. The van der Waals surface area contributed by atoms with Crippen molar-refractivity contribution in [3.05, 3.63) is 65.5 Å². The average Bonchev–Trinajstić information content (AvgIpc) is 2.47. The Morgan fingerprint density at radius 1 is 1.24 bits per heavy atom. The predicted molar refractivity (Wildman–Crippen MR) is 78.4 cm³/mol. The summed E-state index contributed by atoms with van der Waals surface area (Å²) in [5, 5.41) is 11.7. The summed E-state index contributed by atoms with van der Waals surface area (Å²) in [4.78, 5) is 11.8. The second kappa shape index (κ2) is 6.85. The van der Waals surface area contributed by atoms with Crippen LogP contribution in [0.5, 0.6) is 5.75 Å². The maximum absolute atomic E-state index is 13.5. The quantitative estimate of drug-likeness (QED) is 0.790. The molecular formula is C16H17FN2O2. The Kier molecular flexibility index (Phi) is 4.90. The Labute approximate surface area is 122 Å². The van der Waals surface area contributed by atoms with Crippen molar-refractivity contribution in [2.75, 3.05) is 6.54 Å². The van der Waals surface area contributed by atoms with E-state index in [9.17, 15) is 9.18 Å². The van der Waals surface area contributed by atoms with Gasteiger partial charge in [-0.15, -0.1) is 0 Å². The SMILES string of the molecule is NC(CCNC(=O)c1ccc(O)cc1F)c1ccccc1. The molecule has 0 fully saturated rings. The third-order valence-corrected chi connectivity index (χ3v) is 3.17. The van der Waals surface area contributed by atoms with Crippen LogP contribution in [0.2, 0.25) is 0 Å². The van der Waals surface area contributed by atoms with Crippen molar-refractivity contribution in [2.24, 2.45) is 5.73 Å². The molecule has 0 aromatic heterocycles. The van der Waals surface area contributed by atoms with Crippen LogP contribution in [0.25, 0.3) is 0 Å². The van der Waals surface area contributed by atoms with Crippen LogP contribution in [0.15, 0.2) is 48.5 Å². The molecule has 0 heterocycles. The fourth-order valence-electron chi connectivity index (χ4n) is 1.99. The fraction of sp³-hybridized carbons (Fsp3) is 0.188. The van der Waals surface area contributed by atoms with Crippen LogP contribution < -0.4 is 11.1 Å². The normalized spacial score (nSPS) is 11.9. The van der Waals surface area contributed by atoms with Crippen molar-refractivity contribution < 1.29 is 14.3 Å². The Bertz CT molecular complexity index is 617. The lowest BCUT2D eigenvalue weighted by atomic mass is 10.0. The van der Waals surface area contributed by atoms with Crippen LogP contribution >= 0.6 is 0 Å². The first-order valence-electron chi connectivity index (χ1n) is 6.65. The summed E-state index contributed by atoms with van der Waals surface area (Å²) in [6.45, 7) is 0.342. The largest absolute Gasteiger partial charge is 0.508 e. The topological polar surface area (TPSA) is 75.3 Å². The lowest BCUT2D eigenvalue weighted by Gasteiger charge is -2.12. The van der Waals surface area contributed by atoms with E-state index in [1.165, 1.54) is 12.1 Å². The van der Waals surface area contributed by atoms with Gasteiger partial charge in [0.05, 0.1) is 5.56 Å². The summed E-state index contributed by atoms with van der Waals surface area (Å²) in [6, 6.07) is 12.8. The van der Waals surface area contributed by atoms with Gasteiger partial charge in [-0.05, 0) is 24.1 Å². The highest BCUT2D eigenvalue weighted by Crippen LogP contribution is 2.15. The number of aromatic hydroxyl groups is 1. The Morgan fingerprint density at radius 3 is 2.62 bits per heavy atom. The van der Waals surface area contributed by atoms with Gasteiger partial charge in [0.15, 0.2) is 0 Å². The predicted octanol–water partition coefficient (Wildman–Crippen LogP) is 2.35. The molecule has 0 bridgehead atoms. The molecule has 4 N–H and O–H groups in total. The van der Waals surface area contributed by atoms with Gasteiger partial charge in [-0.1, -0.05) is 30.3 Å². The molecule has 2 aromatic carbocycles. The van der Waals surface area contributed by atoms with E-state index >= 15 is 0 Å². The number of hydrogen-bond acceptors (Lipinski definition) is 3. The number of phenolic OH excluding ortho intramolecular Hbond substituents is 1. The number of carbonyl (C=O) groups excluding carboxylic acids is 1. The van der Waals surface area contributed by atoms with Gasteiger partial charge in [0.25, 0.3) is 5.91 Å². The van der Waals surface area contributed by atoms with E-state index in [1.807, 2.05) is 30.3 Å². The van der Waals surface area contributed by atoms with Crippen molar-refractivity contribution in [2.45, 2.75) is 12.5 Å². The molecule has 0 spiro atoms. The summed E-state index contributed by atoms with van der Waals surface area (Å²) >= 11 is 0. The molecule has 4 nitrogen and oxygen atoms in total. The van der Waals surface area contributed by atoms with Crippen molar-refractivity contribution in [3.63, 3.8) is 0 Å². The Morgan fingerprint density at radius 2 is 1.95 bits per heavy atom. The third kappa shape index (κ3) is 4.03. The summed E-state index contributed by atoms with van der Waals surface area (Å²) in [5.41, 5.74) is 6.90. The van der Waals surface area contributed by atoms with Crippen molar-refractivity contribution in [1.82, 2.24) is 5.32 Å². The van der Waals surface area contributed by atoms with E-state index in [1.54, 1.807) is 0 Å². The number of amides is 1. The van der Waals surface area contributed by atoms with Crippen molar-refractivity contribution in [1.29, 1.82) is 0 Å². The van der Waals surface area contributed by atoms with E-state index < -0.39 is 11.7 Å². The molecule has 5 heteroatoms. The van der Waals surface area contributed by atoms with Gasteiger partial charge in [0.2, 0.25) is 0 Å². The molecule has 1 unspecified atom stereocenters. The van der Waals surface area contributed by atoms with Gasteiger partial charge in [0.1, 0.15) is 11.6 Å². The lowest BCUT2D eigenvalue weighted by Crippen LogP contribution is -2.27. The molecule has 1 atom stereocenters. The lowest BCUT2D eigenvalue weighted by molar-refractivity contribution is 0.0948. The zero-order chi connectivity index (χ0) is 15.2. The minimum atomic E-state index is -0.750. The highest BCUT2D eigenvalue weighted by atomic mass is 19.1. The molecular weight excluding hydrogens is 271 g/mol. The third-order valence-electron chi connectivity index (χ3n) is 3.17. The number of benzene rings is 2. The zero-order valence-electron chi connectivity index (χ0n) is 11.4. The van der Waals surface area contributed by atoms with Crippen LogP contribution in [-0.4, -0.2) is 17.6 Å². The van der Waals surface area contributed by atoms with Crippen LogP contribution in [0.3, 0.4) is 0 Å². The molecule has 0 aliphatic rings. The molecule has 2 aromatic rings. The molecule has 0 saturated carbocycles. The molecule has 0 aliphatic carbocycles. The van der Waals surface area contributed by atoms with Gasteiger partial charge in [0, 0.05) is 18.7 Å². The smallest absolute Gasteiger partial charge is 0.254 e. The molecule has 110 valence electrons. The number of phenols is 1. The first-order chi connectivity index (χ1) is 10.1. The van der Waals surface area contributed by atoms with Crippen LogP contribution in [0.4, 0.5) is 4.39 Å². The standard InChI is InChI=1S/C16H17FN2O2/c17-14-10-12(20)6-7-13(14)16(21)19-9-8-15(18)11-4-2-1-3-5-11/h1-7,10,15,20H,8-9,18H2,(H,19,21). The van der Waals surface area contributed by atoms with E-state index in [2.05, 4.69) is 5.32 Å². The number of nitrogens with one attached hydrogen (secondary N) is 1. The Balaban J connectivity index is 1.87. The van der Waals surface area contributed by atoms with Crippen molar-refractivity contribution in [3.8, 4) is 5.75 Å². The molecule has 2 rings (SSSR count). The Hall–Kier alpha value is -2.40. The van der Waals surface area contributed by atoms with Gasteiger partial charge in [-0.2, -0.15) is 0 Å². The second-order valence-corrected chi connectivity index (χ2v) is 4.73. The maximum Gasteiger partial charge on any atom is 0.254 e. The monoisotopic (exact) mass is 288 g/mol. The highest BCUT2D eigenvalue weighted by molar-refractivity contribution is 5.94. The van der Waals surface area contributed by atoms with E-state index in [0.29, 0.717) is 13.0 Å². The van der Waals surface area contributed by atoms with Crippen LogP contribution in [0.1, 0.15) is 28.4 Å². The number of halogens is 1. The van der Waals surface area contributed by atoms with Gasteiger partial charge >= 0.3 is 0 Å². The average molecular weight is 288 g/mol. The van der Waals surface area contributed by atoms with E-state index in [4.69, 9.17) is 10.8 Å². The minimum absolute atomic E-state index is 0.0962. The van der Waals surface area contributed by atoms with Crippen LogP contribution in [0, 0.1) is 5.82 Å². The van der Waals surface area contributed by atoms with Crippen LogP contribution in [-0.2, 0) is 0 Å². The maximum atomic E-state index is 13.5. The zero-order valence-corrected chi connectivity index (χ0v) is 11.4.